The van der Waals surface area contributed by atoms with Crippen molar-refractivity contribution in [3.8, 4) is 0 Å². The van der Waals surface area contributed by atoms with E-state index < -0.39 is 12.1 Å². The third kappa shape index (κ3) is 3.22. The summed E-state index contributed by atoms with van der Waals surface area (Å²) in [7, 11) is 2.00. The van der Waals surface area contributed by atoms with Gasteiger partial charge < -0.3 is 14.9 Å². The highest BCUT2D eigenvalue weighted by atomic mass is 16.5. The van der Waals surface area contributed by atoms with Crippen molar-refractivity contribution in [2.24, 2.45) is 0 Å². The Labute approximate surface area is 108 Å². The summed E-state index contributed by atoms with van der Waals surface area (Å²) < 4.78 is 5.50. The third-order valence-corrected chi connectivity index (χ3v) is 4.13. The first-order valence-corrected chi connectivity index (χ1v) is 6.84. The van der Waals surface area contributed by atoms with Gasteiger partial charge in [-0.2, -0.15) is 0 Å². The number of carboxylic acids is 1. The Hall–Kier alpha value is -0.650. The first-order chi connectivity index (χ1) is 8.58. The number of rotatable bonds is 4. The van der Waals surface area contributed by atoms with Gasteiger partial charge in [0.15, 0.2) is 6.10 Å². The quantitative estimate of drug-likeness (QED) is 0.781. The molecule has 0 amide bonds. The SMILES string of the molecule is CN(CC1CCC(C(=O)O)O1)C1CCCCC1O. The molecule has 4 unspecified atom stereocenters. The maximum absolute atomic E-state index is 10.8. The van der Waals surface area contributed by atoms with Crippen molar-refractivity contribution in [3.63, 3.8) is 0 Å². The maximum Gasteiger partial charge on any atom is 0.332 e. The smallest absolute Gasteiger partial charge is 0.332 e. The van der Waals surface area contributed by atoms with Gasteiger partial charge in [-0.3, -0.25) is 4.90 Å². The van der Waals surface area contributed by atoms with E-state index in [-0.39, 0.29) is 18.2 Å². The van der Waals surface area contributed by atoms with E-state index in [2.05, 4.69) is 4.90 Å². The average molecular weight is 257 g/mol. The Morgan fingerprint density at radius 3 is 2.61 bits per heavy atom. The van der Waals surface area contributed by atoms with E-state index in [1.54, 1.807) is 0 Å². The molecule has 0 aromatic heterocycles. The Morgan fingerprint density at radius 2 is 2.00 bits per heavy atom. The average Bonchev–Trinajstić information content (AvgIpc) is 2.78. The van der Waals surface area contributed by atoms with Gasteiger partial charge in [-0.1, -0.05) is 12.8 Å². The van der Waals surface area contributed by atoms with Crippen molar-refractivity contribution in [2.45, 2.75) is 62.9 Å². The summed E-state index contributed by atoms with van der Waals surface area (Å²) in [5.74, 6) is -0.863. The molecule has 2 aliphatic rings. The minimum Gasteiger partial charge on any atom is -0.479 e. The van der Waals surface area contributed by atoms with E-state index in [0.29, 0.717) is 13.0 Å². The summed E-state index contributed by atoms with van der Waals surface area (Å²) in [6, 6.07) is 0.200. The minimum absolute atomic E-state index is 0.00905. The van der Waals surface area contributed by atoms with E-state index in [1.165, 1.54) is 0 Å². The zero-order chi connectivity index (χ0) is 13.1. The van der Waals surface area contributed by atoms with Crippen LogP contribution in [0, 0.1) is 0 Å². The highest BCUT2D eigenvalue weighted by Crippen LogP contribution is 2.25. The second kappa shape index (κ2) is 5.99. The standard InChI is InChI=1S/C13H23NO4/c1-14(10-4-2-3-5-11(10)15)8-9-6-7-12(18-9)13(16)17/h9-12,15H,2-8H2,1H3,(H,16,17). The topological polar surface area (TPSA) is 70.0 Å². The van der Waals surface area contributed by atoms with Crippen LogP contribution in [0.15, 0.2) is 0 Å². The number of aliphatic hydroxyl groups excluding tert-OH is 1. The van der Waals surface area contributed by atoms with Crippen molar-refractivity contribution in [1.82, 2.24) is 4.90 Å². The molecule has 5 nitrogen and oxygen atoms in total. The predicted molar refractivity (Wildman–Crippen MR) is 66.4 cm³/mol. The molecule has 0 radical (unpaired) electrons. The molecule has 0 bridgehead atoms. The van der Waals surface area contributed by atoms with Gasteiger partial charge in [0.05, 0.1) is 12.2 Å². The minimum atomic E-state index is -0.863. The lowest BCUT2D eigenvalue weighted by Crippen LogP contribution is -2.46. The van der Waals surface area contributed by atoms with Crippen LogP contribution in [0.1, 0.15) is 38.5 Å². The highest BCUT2D eigenvalue weighted by Gasteiger charge is 2.33. The lowest BCUT2D eigenvalue weighted by molar-refractivity contribution is -0.150. The fourth-order valence-corrected chi connectivity index (χ4v) is 3.08. The van der Waals surface area contributed by atoms with Crippen LogP contribution < -0.4 is 0 Å². The van der Waals surface area contributed by atoms with Gasteiger partial charge in [-0.25, -0.2) is 4.79 Å². The number of carboxylic acid groups (broad SMARTS) is 1. The lowest BCUT2D eigenvalue weighted by atomic mass is 9.91. The predicted octanol–water partition coefficient (Wildman–Crippen LogP) is 0.854. The van der Waals surface area contributed by atoms with Crippen LogP contribution in [-0.2, 0) is 9.53 Å². The number of nitrogens with zero attached hydrogens (tertiary/aromatic N) is 1. The van der Waals surface area contributed by atoms with Crippen LogP contribution in [0.25, 0.3) is 0 Å². The molecular weight excluding hydrogens is 234 g/mol. The number of carbonyl (C=O) groups is 1. The number of ether oxygens (including phenoxy) is 1. The molecule has 2 rings (SSSR count). The second-order valence-corrected chi connectivity index (χ2v) is 5.52. The Bertz CT molecular complexity index is 297. The van der Waals surface area contributed by atoms with Crippen molar-refractivity contribution in [3.05, 3.63) is 0 Å². The van der Waals surface area contributed by atoms with Gasteiger partial charge in [0.2, 0.25) is 0 Å². The number of hydrogen-bond donors (Lipinski definition) is 2. The van der Waals surface area contributed by atoms with Crippen molar-refractivity contribution in [1.29, 1.82) is 0 Å². The molecule has 1 saturated carbocycles. The van der Waals surface area contributed by atoms with E-state index in [4.69, 9.17) is 9.84 Å². The second-order valence-electron chi connectivity index (χ2n) is 5.52. The van der Waals surface area contributed by atoms with Crippen molar-refractivity contribution < 1.29 is 19.7 Å². The van der Waals surface area contributed by atoms with E-state index in [0.717, 1.165) is 32.1 Å². The zero-order valence-electron chi connectivity index (χ0n) is 10.9. The fraction of sp³-hybridized carbons (Fsp3) is 0.923. The third-order valence-electron chi connectivity index (χ3n) is 4.13. The van der Waals surface area contributed by atoms with E-state index in [9.17, 15) is 9.90 Å². The molecule has 2 fully saturated rings. The van der Waals surface area contributed by atoms with Crippen molar-refractivity contribution >= 4 is 5.97 Å². The van der Waals surface area contributed by atoms with E-state index in [1.807, 2.05) is 7.05 Å². The number of aliphatic hydroxyl groups is 1. The lowest BCUT2D eigenvalue weighted by Gasteiger charge is -2.36. The first kappa shape index (κ1) is 13.8. The van der Waals surface area contributed by atoms with Gasteiger partial charge in [0.1, 0.15) is 0 Å². The number of hydrogen-bond acceptors (Lipinski definition) is 4. The van der Waals surface area contributed by atoms with Gasteiger partial charge in [-0.05, 0) is 32.7 Å². The summed E-state index contributed by atoms with van der Waals surface area (Å²) >= 11 is 0. The van der Waals surface area contributed by atoms with Gasteiger partial charge >= 0.3 is 5.97 Å². The molecule has 1 aliphatic heterocycles. The summed E-state index contributed by atoms with van der Waals surface area (Å²) in [5.41, 5.74) is 0. The fourth-order valence-electron chi connectivity index (χ4n) is 3.08. The number of likely N-dealkylation sites (N-methyl/N-ethyl adjacent to an activating group) is 1. The molecule has 1 aliphatic carbocycles. The molecular formula is C13H23NO4. The molecule has 0 aromatic carbocycles. The Balaban J connectivity index is 1.80. The van der Waals surface area contributed by atoms with Crippen LogP contribution in [0.2, 0.25) is 0 Å². The van der Waals surface area contributed by atoms with Gasteiger partial charge in [-0.15, -0.1) is 0 Å². The van der Waals surface area contributed by atoms with Crippen LogP contribution in [0.3, 0.4) is 0 Å². The largest absolute Gasteiger partial charge is 0.479 e. The molecule has 2 N–H and O–H groups in total. The monoisotopic (exact) mass is 257 g/mol. The molecule has 104 valence electrons. The van der Waals surface area contributed by atoms with Crippen LogP contribution in [0.4, 0.5) is 0 Å². The normalized spacial score (nSPS) is 37.1. The van der Waals surface area contributed by atoms with Gasteiger partial charge in [0.25, 0.3) is 0 Å². The summed E-state index contributed by atoms with van der Waals surface area (Å²) in [5, 5.41) is 18.9. The van der Waals surface area contributed by atoms with Crippen LogP contribution >= 0.6 is 0 Å². The van der Waals surface area contributed by atoms with Crippen LogP contribution in [-0.4, -0.2) is 59.0 Å². The van der Waals surface area contributed by atoms with Crippen molar-refractivity contribution in [2.75, 3.05) is 13.6 Å². The zero-order valence-corrected chi connectivity index (χ0v) is 10.9. The molecule has 1 saturated heterocycles. The van der Waals surface area contributed by atoms with E-state index >= 15 is 0 Å². The number of aliphatic carboxylic acids is 1. The highest BCUT2D eigenvalue weighted by molar-refractivity contribution is 5.72. The van der Waals surface area contributed by atoms with Gasteiger partial charge in [0, 0.05) is 12.6 Å². The Kier molecular flexibility index (Phi) is 4.59. The summed E-state index contributed by atoms with van der Waals surface area (Å²) in [4.78, 5) is 12.9. The molecule has 18 heavy (non-hydrogen) atoms. The molecule has 4 atom stereocenters. The Morgan fingerprint density at radius 1 is 1.28 bits per heavy atom. The molecule has 1 heterocycles. The molecule has 5 heteroatoms. The molecule has 0 spiro atoms. The molecule has 0 aromatic rings. The first-order valence-electron chi connectivity index (χ1n) is 6.84. The summed E-state index contributed by atoms with van der Waals surface area (Å²) in [6.45, 7) is 0.714. The van der Waals surface area contributed by atoms with Crippen LogP contribution in [0.5, 0.6) is 0 Å². The summed E-state index contributed by atoms with van der Waals surface area (Å²) in [6.07, 6.45) is 4.66. The maximum atomic E-state index is 10.8.